The Labute approximate surface area is 138 Å². The first kappa shape index (κ1) is 17.1. The molecule has 0 aliphatic carbocycles. The monoisotopic (exact) mass is 345 g/mol. The number of carbonyl (C=O) groups excluding carboxylic acids is 2. The summed E-state index contributed by atoms with van der Waals surface area (Å²) in [7, 11) is 0. The zero-order valence-electron chi connectivity index (χ0n) is 12.7. The Bertz CT molecular complexity index is 643. The van der Waals surface area contributed by atoms with E-state index in [4.69, 9.17) is 27.9 Å². The van der Waals surface area contributed by atoms with Crippen molar-refractivity contribution in [1.82, 2.24) is 0 Å². The molecule has 0 aromatic heterocycles. The number of carbonyl (C=O) groups is 2. The zero-order valence-corrected chi connectivity index (χ0v) is 14.2. The summed E-state index contributed by atoms with van der Waals surface area (Å²) in [5.74, 6) is -1.78. The minimum Gasteiger partial charge on any atom is -0.489 e. The maximum Gasteiger partial charge on any atom is 0.266 e. The van der Waals surface area contributed by atoms with Gasteiger partial charge in [-0.2, -0.15) is 0 Å². The maximum absolute atomic E-state index is 12.3. The molecule has 0 spiro atoms. The third kappa shape index (κ3) is 2.69. The van der Waals surface area contributed by atoms with Gasteiger partial charge < -0.3 is 9.84 Å². The van der Waals surface area contributed by atoms with Crippen LogP contribution in [0.25, 0.3) is 0 Å². The van der Waals surface area contributed by atoms with Crippen molar-refractivity contribution in [2.24, 2.45) is 5.92 Å². The molecule has 1 aliphatic rings. The number of hydrogen-bond donors (Lipinski definition) is 1. The van der Waals surface area contributed by atoms with Gasteiger partial charge >= 0.3 is 0 Å². The van der Waals surface area contributed by atoms with Crippen LogP contribution in [0.5, 0.6) is 5.75 Å². The van der Waals surface area contributed by atoms with Gasteiger partial charge in [0.1, 0.15) is 5.75 Å². The molecule has 7 heteroatoms. The predicted octanol–water partition coefficient (Wildman–Crippen LogP) is 3.04. The number of imide groups is 1. The minimum absolute atomic E-state index is 0.132. The number of halogens is 2. The van der Waals surface area contributed by atoms with Crippen molar-refractivity contribution in [2.45, 2.75) is 39.4 Å². The molecule has 120 valence electrons. The molecule has 0 saturated carbocycles. The number of nitrogens with zero attached hydrogens (tertiary/aromatic N) is 1. The van der Waals surface area contributed by atoms with Crippen LogP contribution in [0, 0.1) is 5.92 Å². The number of aliphatic hydroxyl groups is 1. The molecule has 5 nitrogen and oxygen atoms in total. The van der Waals surface area contributed by atoms with Crippen LogP contribution >= 0.6 is 23.2 Å². The molecule has 1 N–H and O–H groups in total. The number of ether oxygens (including phenoxy) is 1. The second-order valence-electron chi connectivity index (χ2n) is 5.75. The van der Waals surface area contributed by atoms with Gasteiger partial charge in [-0.1, -0.05) is 30.1 Å². The summed E-state index contributed by atoms with van der Waals surface area (Å²) in [4.78, 5) is 25.5. The quantitative estimate of drug-likeness (QED) is 0.855. The highest BCUT2D eigenvalue weighted by molar-refractivity contribution is 6.39. The lowest BCUT2D eigenvalue weighted by atomic mass is 9.94. The van der Waals surface area contributed by atoms with Crippen molar-refractivity contribution in [1.29, 1.82) is 0 Å². The molecule has 1 aliphatic heterocycles. The molecule has 2 unspecified atom stereocenters. The summed E-state index contributed by atoms with van der Waals surface area (Å²) in [6, 6.07) is 2.85. The average Bonchev–Trinajstić information content (AvgIpc) is 2.55. The number of benzene rings is 1. The fraction of sp³-hybridized carbons (Fsp3) is 0.467. The van der Waals surface area contributed by atoms with Crippen LogP contribution in [0.2, 0.25) is 10.0 Å². The molecule has 1 heterocycles. The van der Waals surface area contributed by atoms with E-state index >= 15 is 0 Å². The molecule has 2 atom stereocenters. The van der Waals surface area contributed by atoms with Crippen molar-refractivity contribution in [3.63, 3.8) is 0 Å². The molecular formula is C15H17Cl2NO4. The van der Waals surface area contributed by atoms with E-state index in [-0.39, 0.29) is 21.8 Å². The lowest BCUT2D eigenvalue weighted by Gasteiger charge is -2.20. The highest BCUT2D eigenvalue weighted by Gasteiger charge is 2.54. The SMILES string of the molecule is CC(C)Oc1cc(N2C(=O)C(C)C(C)(O)C2=O)c(Cl)cc1Cl. The van der Waals surface area contributed by atoms with Gasteiger partial charge in [0.05, 0.1) is 27.8 Å². The van der Waals surface area contributed by atoms with E-state index in [1.54, 1.807) is 0 Å². The van der Waals surface area contributed by atoms with Gasteiger partial charge in [0.15, 0.2) is 5.60 Å². The summed E-state index contributed by atoms with van der Waals surface area (Å²) in [6.45, 7) is 6.45. The Morgan fingerprint density at radius 3 is 2.32 bits per heavy atom. The average molecular weight is 346 g/mol. The van der Waals surface area contributed by atoms with Crippen molar-refractivity contribution >= 4 is 40.7 Å². The lowest BCUT2D eigenvalue weighted by Crippen LogP contribution is -2.39. The minimum atomic E-state index is -1.76. The van der Waals surface area contributed by atoms with Gasteiger partial charge in [0.2, 0.25) is 5.91 Å². The van der Waals surface area contributed by atoms with E-state index in [0.29, 0.717) is 5.75 Å². The largest absolute Gasteiger partial charge is 0.489 e. The van der Waals surface area contributed by atoms with Crippen LogP contribution in [0.15, 0.2) is 12.1 Å². The lowest BCUT2D eigenvalue weighted by molar-refractivity contribution is -0.134. The van der Waals surface area contributed by atoms with Crippen molar-refractivity contribution in [3.05, 3.63) is 22.2 Å². The van der Waals surface area contributed by atoms with Crippen LogP contribution in [-0.2, 0) is 9.59 Å². The van der Waals surface area contributed by atoms with E-state index in [9.17, 15) is 14.7 Å². The molecule has 2 rings (SSSR count). The summed E-state index contributed by atoms with van der Waals surface area (Å²) in [6.07, 6.45) is -0.140. The molecule has 0 radical (unpaired) electrons. The van der Waals surface area contributed by atoms with E-state index in [2.05, 4.69) is 0 Å². The van der Waals surface area contributed by atoms with Crippen LogP contribution in [0.4, 0.5) is 5.69 Å². The summed E-state index contributed by atoms with van der Waals surface area (Å²) < 4.78 is 5.55. The summed E-state index contributed by atoms with van der Waals surface area (Å²) in [5.41, 5.74) is -1.61. The first-order valence-electron chi connectivity index (χ1n) is 6.83. The number of amides is 2. The molecule has 1 aromatic carbocycles. The highest BCUT2D eigenvalue weighted by Crippen LogP contribution is 2.41. The predicted molar refractivity (Wildman–Crippen MR) is 84.5 cm³/mol. The molecule has 22 heavy (non-hydrogen) atoms. The third-order valence-corrected chi connectivity index (χ3v) is 4.27. The first-order valence-corrected chi connectivity index (χ1v) is 7.59. The molecular weight excluding hydrogens is 329 g/mol. The van der Waals surface area contributed by atoms with Crippen LogP contribution in [0.3, 0.4) is 0 Å². The Morgan fingerprint density at radius 2 is 1.86 bits per heavy atom. The van der Waals surface area contributed by atoms with Crippen molar-refractivity contribution in [2.75, 3.05) is 4.90 Å². The van der Waals surface area contributed by atoms with Crippen LogP contribution < -0.4 is 9.64 Å². The normalized spacial score (nSPS) is 25.3. The topological polar surface area (TPSA) is 66.8 Å². The van der Waals surface area contributed by atoms with Crippen LogP contribution in [-0.4, -0.2) is 28.6 Å². The number of rotatable bonds is 3. The van der Waals surface area contributed by atoms with Crippen LogP contribution in [0.1, 0.15) is 27.7 Å². The van der Waals surface area contributed by atoms with E-state index in [1.807, 2.05) is 13.8 Å². The van der Waals surface area contributed by atoms with Gasteiger partial charge in [-0.15, -0.1) is 0 Å². The van der Waals surface area contributed by atoms with E-state index in [1.165, 1.54) is 26.0 Å². The standard InChI is InChI=1S/C15H17Cl2NO4/c1-7(2)22-12-6-11(9(16)5-10(12)17)18-13(19)8(3)15(4,21)14(18)20/h5-8,21H,1-4H3. The van der Waals surface area contributed by atoms with E-state index < -0.39 is 23.3 Å². The van der Waals surface area contributed by atoms with Gasteiger partial charge in [-0.25, -0.2) is 4.90 Å². The molecule has 1 aromatic rings. The van der Waals surface area contributed by atoms with Crippen molar-refractivity contribution < 1.29 is 19.4 Å². The Morgan fingerprint density at radius 1 is 1.27 bits per heavy atom. The number of anilines is 1. The second kappa shape index (κ2) is 5.72. The Balaban J connectivity index is 2.53. The van der Waals surface area contributed by atoms with Crippen molar-refractivity contribution in [3.8, 4) is 5.75 Å². The molecule has 0 bridgehead atoms. The fourth-order valence-electron chi connectivity index (χ4n) is 2.21. The number of hydrogen-bond acceptors (Lipinski definition) is 4. The second-order valence-corrected chi connectivity index (χ2v) is 6.56. The maximum atomic E-state index is 12.3. The fourth-order valence-corrected chi connectivity index (χ4v) is 2.72. The van der Waals surface area contributed by atoms with Gasteiger partial charge in [0.25, 0.3) is 5.91 Å². The molecule has 1 fully saturated rings. The molecule has 2 amide bonds. The van der Waals surface area contributed by atoms with Gasteiger partial charge in [-0.3, -0.25) is 9.59 Å². The summed E-state index contributed by atoms with van der Waals surface area (Å²) in [5, 5.41) is 10.6. The zero-order chi connectivity index (χ0) is 16.8. The first-order chi connectivity index (χ1) is 10.1. The molecule has 1 saturated heterocycles. The Hall–Kier alpha value is -1.30. The smallest absolute Gasteiger partial charge is 0.266 e. The van der Waals surface area contributed by atoms with E-state index in [0.717, 1.165) is 4.90 Å². The third-order valence-electron chi connectivity index (χ3n) is 3.67. The van der Waals surface area contributed by atoms with Gasteiger partial charge in [-0.05, 0) is 26.8 Å². The van der Waals surface area contributed by atoms with Gasteiger partial charge in [0, 0.05) is 6.07 Å². The highest BCUT2D eigenvalue weighted by atomic mass is 35.5. The Kier molecular flexibility index (Phi) is 4.44. The summed E-state index contributed by atoms with van der Waals surface area (Å²) >= 11 is 12.2.